The molecule has 2 heterocycles. The maximum Gasteiger partial charge on any atom is 0.244 e. The summed E-state index contributed by atoms with van der Waals surface area (Å²) in [6.07, 6.45) is 16.0. The number of likely N-dealkylation sites (N-methyl/N-ethyl adjacent to an activating group) is 2. The number of allylic oxidation sites excluding steroid dienone is 2. The Bertz CT molecular complexity index is 752. The lowest BCUT2D eigenvalue weighted by atomic mass is 9.84. The van der Waals surface area contributed by atoms with Crippen molar-refractivity contribution in [2.24, 2.45) is 5.92 Å². The summed E-state index contributed by atoms with van der Waals surface area (Å²) < 4.78 is 5.55. The molecule has 2 atom stereocenters. The molecule has 1 fully saturated rings. The van der Waals surface area contributed by atoms with E-state index in [1.807, 2.05) is 33.4 Å². The molecule has 0 bridgehead atoms. The van der Waals surface area contributed by atoms with Crippen LogP contribution in [0.4, 0.5) is 0 Å². The number of nitrogens with one attached hydrogen (secondary N) is 1. The molecule has 0 spiro atoms. The van der Waals surface area contributed by atoms with E-state index in [1.165, 1.54) is 38.5 Å². The summed E-state index contributed by atoms with van der Waals surface area (Å²) in [4.78, 5) is 20.6. The standard InChI is InChI=1S/C22H35N5O3/c1-26(2)20-13-12-18(15-27(20)3)21-23-22(30-25-21)17(14-19(28)24-29)11-7-10-16-8-5-4-6-9-16/h12-13,15-17,20,29H,4-11,14H2,1-3H3,(H,24,28)/t17-,20?/m1/s1. The minimum Gasteiger partial charge on any atom is -0.361 e. The number of carbonyl (C=O) groups excluding carboxylic acids is 1. The van der Waals surface area contributed by atoms with Crippen LogP contribution in [0.25, 0.3) is 5.57 Å². The van der Waals surface area contributed by atoms with E-state index < -0.39 is 5.91 Å². The number of hydrogen-bond donors (Lipinski definition) is 2. The number of hydroxylamine groups is 1. The lowest BCUT2D eigenvalue weighted by molar-refractivity contribution is -0.129. The summed E-state index contributed by atoms with van der Waals surface area (Å²) in [6, 6.07) is 0. The number of aromatic nitrogens is 2. The Hall–Kier alpha value is -2.19. The average molecular weight is 418 g/mol. The molecule has 8 nitrogen and oxygen atoms in total. The van der Waals surface area contributed by atoms with Gasteiger partial charge in [0.1, 0.15) is 6.17 Å². The lowest BCUT2D eigenvalue weighted by Crippen LogP contribution is -2.39. The van der Waals surface area contributed by atoms with Crippen LogP contribution in [0.3, 0.4) is 0 Å². The van der Waals surface area contributed by atoms with Gasteiger partial charge in [-0.05, 0) is 32.5 Å². The fraction of sp³-hybridized carbons (Fsp3) is 0.682. The van der Waals surface area contributed by atoms with Crippen molar-refractivity contribution in [3.05, 3.63) is 30.1 Å². The van der Waals surface area contributed by atoms with Gasteiger partial charge in [-0.15, -0.1) is 0 Å². The molecule has 2 aliphatic rings. The van der Waals surface area contributed by atoms with Gasteiger partial charge in [0.05, 0.1) is 0 Å². The molecule has 0 aromatic carbocycles. The van der Waals surface area contributed by atoms with E-state index in [2.05, 4.69) is 26.0 Å². The van der Waals surface area contributed by atoms with Gasteiger partial charge in [-0.2, -0.15) is 4.98 Å². The second-order valence-electron chi connectivity index (χ2n) is 8.81. The average Bonchev–Trinajstić information content (AvgIpc) is 3.23. The number of rotatable bonds is 9. The number of nitrogens with zero attached hydrogens (tertiary/aromatic N) is 4. The van der Waals surface area contributed by atoms with Gasteiger partial charge in [0.2, 0.25) is 17.6 Å². The van der Waals surface area contributed by atoms with Crippen molar-refractivity contribution in [3.8, 4) is 0 Å². The first-order valence-electron chi connectivity index (χ1n) is 11.0. The summed E-state index contributed by atoms with van der Waals surface area (Å²) >= 11 is 0. The molecule has 1 unspecified atom stereocenters. The Balaban J connectivity index is 1.65. The van der Waals surface area contributed by atoms with E-state index in [0.717, 1.165) is 24.3 Å². The molecule has 1 aliphatic heterocycles. The van der Waals surface area contributed by atoms with Crippen LogP contribution in [0, 0.1) is 5.92 Å². The van der Waals surface area contributed by atoms with Crippen molar-refractivity contribution in [1.82, 2.24) is 25.4 Å². The van der Waals surface area contributed by atoms with Crippen LogP contribution < -0.4 is 5.48 Å². The largest absolute Gasteiger partial charge is 0.361 e. The Morgan fingerprint density at radius 3 is 2.80 bits per heavy atom. The first-order chi connectivity index (χ1) is 14.5. The highest BCUT2D eigenvalue weighted by atomic mass is 16.5. The number of amides is 1. The third kappa shape index (κ3) is 5.92. The second kappa shape index (κ2) is 10.7. The summed E-state index contributed by atoms with van der Waals surface area (Å²) in [5.41, 5.74) is 2.61. The highest BCUT2D eigenvalue weighted by Crippen LogP contribution is 2.31. The Kier molecular flexibility index (Phi) is 8.04. The Morgan fingerprint density at radius 1 is 1.37 bits per heavy atom. The third-order valence-electron chi connectivity index (χ3n) is 6.23. The molecule has 0 radical (unpaired) electrons. The summed E-state index contributed by atoms with van der Waals surface area (Å²) in [7, 11) is 6.07. The fourth-order valence-electron chi connectivity index (χ4n) is 4.56. The topological polar surface area (TPSA) is 94.7 Å². The number of carbonyl (C=O) groups is 1. The van der Waals surface area contributed by atoms with E-state index in [0.29, 0.717) is 11.7 Å². The summed E-state index contributed by atoms with van der Waals surface area (Å²) in [6.45, 7) is 0. The molecular weight excluding hydrogens is 382 g/mol. The van der Waals surface area contributed by atoms with E-state index >= 15 is 0 Å². The van der Waals surface area contributed by atoms with Crippen molar-refractivity contribution in [1.29, 1.82) is 0 Å². The van der Waals surface area contributed by atoms with Crippen molar-refractivity contribution >= 4 is 11.5 Å². The van der Waals surface area contributed by atoms with Crippen molar-refractivity contribution in [2.45, 2.75) is 69.9 Å². The van der Waals surface area contributed by atoms with Gasteiger partial charge in [0.25, 0.3) is 0 Å². The minimum atomic E-state index is -0.428. The molecule has 2 N–H and O–H groups in total. The SMILES string of the molecule is CN(C)C1C=CC(c2noc([C@H](CCCC3CCCCC3)CC(=O)NO)n2)=CN1C. The van der Waals surface area contributed by atoms with Crippen LogP contribution in [0.1, 0.15) is 75.4 Å². The summed E-state index contributed by atoms with van der Waals surface area (Å²) in [5, 5.41) is 13.1. The molecular formula is C22H35N5O3. The molecule has 1 saturated carbocycles. The predicted molar refractivity (Wildman–Crippen MR) is 114 cm³/mol. The minimum absolute atomic E-state index is 0.139. The molecule has 1 amide bonds. The molecule has 30 heavy (non-hydrogen) atoms. The third-order valence-corrected chi connectivity index (χ3v) is 6.23. The molecule has 1 aliphatic carbocycles. The predicted octanol–water partition coefficient (Wildman–Crippen LogP) is 3.53. The Labute approximate surface area is 179 Å². The maximum absolute atomic E-state index is 11.8. The Morgan fingerprint density at radius 2 is 2.13 bits per heavy atom. The van der Waals surface area contributed by atoms with Crippen LogP contribution in [-0.2, 0) is 4.79 Å². The molecule has 3 rings (SSSR count). The first-order valence-corrected chi connectivity index (χ1v) is 11.0. The van der Waals surface area contributed by atoms with E-state index in [-0.39, 0.29) is 18.5 Å². The van der Waals surface area contributed by atoms with E-state index in [9.17, 15) is 4.79 Å². The molecule has 166 valence electrons. The highest BCUT2D eigenvalue weighted by Gasteiger charge is 2.25. The maximum atomic E-state index is 11.8. The van der Waals surface area contributed by atoms with Gasteiger partial charge >= 0.3 is 0 Å². The summed E-state index contributed by atoms with van der Waals surface area (Å²) in [5.74, 6) is 1.16. The number of hydrogen-bond acceptors (Lipinski definition) is 7. The zero-order valence-corrected chi connectivity index (χ0v) is 18.4. The van der Waals surface area contributed by atoms with Crippen LogP contribution >= 0.6 is 0 Å². The quantitative estimate of drug-likeness (QED) is 0.469. The van der Waals surface area contributed by atoms with Crippen LogP contribution in [-0.4, -0.2) is 58.4 Å². The smallest absolute Gasteiger partial charge is 0.244 e. The van der Waals surface area contributed by atoms with Gasteiger partial charge < -0.3 is 9.42 Å². The van der Waals surface area contributed by atoms with Crippen LogP contribution in [0.5, 0.6) is 0 Å². The zero-order chi connectivity index (χ0) is 21.5. The van der Waals surface area contributed by atoms with Gasteiger partial charge in [0, 0.05) is 31.2 Å². The van der Waals surface area contributed by atoms with Crippen LogP contribution in [0.15, 0.2) is 22.9 Å². The molecule has 8 heteroatoms. The fourth-order valence-corrected chi connectivity index (χ4v) is 4.56. The van der Waals surface area contributed by atoms with Gasteiger partial charge in [-0.1, -0.05) is 56.2 Å². The van der Waals surface area contributed by atoms with E-state index in [4.69, 9.17) is 9.73 Å². The van der Waals surface area contributed by atoms with Crippen molar-refractivity contribution in [3.63, 3.8) is 0 Å². The van der Waals surface area contributed by atoms with Crippen molar-refractivity contribution < 1.29 is 14.5 Å². The lowest BCUT2D eigenvalue weighted by Gasteiger charge is -2.32. The van der Waals surface area contributed by atoms with Gasteiger partial charge in [-0.25, -0.2) is 5.48 Å². The molecule has 1 aromatic rings. The van der Waals surface area contributed by atoms with Gasteiger partial charge in [0.15, 0.2) is 0 Å². The first kappa shape index (κ1) is 22.5. The van der Waals surface area contributed by atoms with Crippen molar-refractivity contribution in [2.75, 3.05) is 21.1 Å². The molecule has 1 aromatic heterocycles. The zero-order valence-electron chi connectivity index (χ0n) is 18.4. The van der Waals surface area contributed by atoms with Gasteiger partial charge in [-0.3, -0.25) is 14.9 Å². The second-order valence-corrected chi connectivity index (χ2v) is 8.81. The van der Waals surface area contributed by atoms with E-state index in [1.54, 1.807) is 5.48 Å². The highest BCUT2D eigenvalue weighted by molar-refractivity contribution is 5.75. The van der Waals surface area contributed by atoms with Crippen LogP contribution in [0.2, 0.25) is 0 Å². The monoisotopic (exact) mass is 417 g/mol. The normalized spacial score (nSPS) is 21.0. The molecule has 0 saturated heterocycles.